The van der Waals surface area contributed by atoms with Crippen LogP contribution in [0.1, 0.15) is 40.5 Å². The van der Waals surface area contributed by atoms with Gasteiger partial charge in [-0.1, -0.05) is 32.0 Å². The van der Waals surface area contributed by atoms with E-state index in [0.717, 1.165) is 12.8 Å². The van der Waals surface area contributed by atoms with Gasteiger partial charge in [-0.25, -0.2) is 0 Å². The van der Waals surface area contributed by atoms with Gasteiger partial charge in [-0.15, -0.1) is 0 Å². The molecule has 1 rings (SSSR count). The molecule has 2 amide bonds. The normalized spacial score (nSPS) is 11.0. The zero-order valence-electron chi connectivity index (χ0n) is 13.5. The quantitative estimate of drug-likeness (QED) is 0.783. The van der Waals surface area contributed by atoms with Gasteiger partial charge in [0.15, 0.2) is 0 Å². The smallest absolute Gasteiger partial charge is 0.239 e. The van der Waals surface area contributed by atoms with Crippen LogP contribution >= 0.6 is 0 Å². The van der Waals surface area contributed by atoms with Crippen LogP contribution in [0.3, 0.4) is 0 Å². The van der Waals surface area contributed by atoms with Gasteiger partial charge in [-0.05, 0) is 38.8 Å². The molecule has 0 spiro atoms. The minimum absolute atomic E-state index is 0.111. The standard InChI is InChI=1S/C17H26N2O2/c1-5-12-19(13-6-2)16(21)17(3,4)15(20)18-14-10-8-7-9-11-14/h7-11H,5-6,12-13H2,1-4H3,(H,18,20). The van der Waals surface area contributed by atoms with Crippen molar-refractivity contribution < 1.29 is 9.59 Å². The van der Waals surface area contributed by atoms with Crippen LogP contribution in [0.2, 0.25) is 0 Å². The van der Waals surface area contributed by atoms with E-state index < -0.39 is 5.41 Å². The lowest BCUT2D eigenvalue weighted by Gasteiger charge is -2.30. The molecule has 116 valence electrons. The topological polar surface area (TPSA) is 49.4 Å². The van der Waals surface area contributed by atoms with Crippen LogP contribution in [0.25, 0.3) is 0 Å². The highest BCUT2D eigenvalue weighted by atomic mass is 16.2. The Hall–Kier alpha value is -1.84. The van der Waals surface area contributed by atoms with Crippen LogP contribution in [0, 0.1) is 5.41 Å². The Morgan fingerprint density at radius 1 is 1.05 bits per heavy atom. The molecule has 0 aliphatic heterocycles. The average Bonchev–Trinajstić information content (AvgIpc) is 2.47. The number of carbonyl (C=O) groups excluding carboxylic acids is 2. The van der Waals surface area contributed by atoms with Gasteiger partial charge in [0, 0.05) is 18.8 Å². The summed E-state index contributed by atoms with van der Waals surface area (Å²) in [6.45, 7) is 8.82. The molecule has 0 radical (unpaired) electrons. The molecule has 21 heavy (non-hydrogen) atoms. The van der Waals surface area contributed by atoms with E-state index in [-0.39, 0.29) is 11.8 Å². The Bertz CT molecular complexity index is 463. The Labute approximate surface area is 127 Å². The highest BCUT2D eigenvalue weighted by molar-refractivity contribution is 6.09. The lowest BCUT2D eigenvalue weighted by atomic mass is 9.90. The van der Waals surface area contributed by atoms with E-state index in [4.69, 9.17) is 0 Å². The third kappa shape index (κ3) is 4.59. The monoisotopic (exact) mass is 290 g/mol. The number of nitrogens with one attached hydrogen (secondary N) is 1. The van der Waals surface area contributed by atoms with Gasteiger partial charge in [0.1, 0.15) is 5.41 Å². The molecule has 0 heterocycles. The first kappa shape index (κ1) is 17.2. The zero-order valence-corrected chi connectivity index (χ0v) is 13.5. The summed E-state index contributed by atoms with van der Waals surface area (Å²) >= 11 is 0. The number of benzene rings is 1. The summed E-state index contributed by atoms with van der Waals surface area (Å²) in [5.41, 5.74) is -0.360. The van der Waals surface area contributed by atoms with Crippen molar-refractivity contribution in [1.29, 1.82) is 0 Å². The molecule has 0 saturated heterocycles. The largest absolute Gasteiger partial charge is 0.342 e. The second-order valence-corrected chi connectivity index (χ2v) is 5.74. The van der Waals surface area contributed by atoms with E-state index in [2.05, 4.69) is 5.32 Å². The van der Waals surface area contributed by atoms with E-state index >= 15 is 0 Å². The molecule has 0 bridgehead atoms. The molecule has 0 aliphatic carbocycles. The van der Waals surface area contributed by atoms with E-state index in [1.807, 2.05) is 44.2 Å². The van der Waals surface area contributed by atoms with Crippen molar-refractivity contribution in [2.45, 2.75) is 40.5 Å². The minimum atomic E-state index is -1.07. The molecule has 0 atom stereocenters. The highest BCUT2D eigenvalue weighted by Crippen LogP contribution is 2.22. The maximum Gasteiger partial charge on any atom is 0.239 e. The maximum atomic E-state index is 12.6. The number of rotatable bonds is 7. The molecule has 0 fully saturated rings. The van der Waals surface area contributed by atoms with E-state index in [1.54, 1.807) is 18.7 Å². The predicted octanol–water partition coefficient (Wildman–Crippen LogP) is 3.30. The van der Waals surface area contributed by atoms with Crippen molar-refractivity contribution in [2.75, 3.05) is 18.4 Å². The molecule has 1 aromatic carbocycles. The van der Waals surface area contributed by atoms with Crippen molar-refractivity contribution in [2.24, 2.45) is 5.41 Å². The third-order valence-electron chi connectivity index (χ3n) is 3.41. The Morgan fingerprint density at radius 3 is 2.05 bits per heavy atom. The molecule has 4 heteroatoms. The van der Waals surface area contributed by atoms with Gasteiger partial charge in [-0.3, -0.25) is 9.59 Å². The maximum absolute atomic E-state index is 12.6. The highest BCUT2D eigenvalue weighted by Gasteiger charge is 2.38. The zero-order chi connectivity index (χ0) is 15.9. The second-order valence-electron chi connectivity index (χ2n) is 5.74. The van der Waals surface area contributed by atoms with Crippen LogP contribution in [0.4, 0.5) is 5.69 Å². The van der Waals surface area contributed by atoms with Crippen molar-refractivity contribution >= 4 is 17.5 Å². The van der Waals surface area contributed by atoms with Gasteiger partial charge in [0.25, 0.3) is 0 Å². The van der Waals surface area contributed by atoms with Crippen molar-refractivity contribution in [3.8, 4) is 0 Å². The van der Waals surface area contributed by atoms with Crippen molar-refractivity contribution in [1.82, 2.24) is 4.90 Å². The van der Waals surface area contributed by atoms with Crippen LogP contribution in [0.15, 0.2) is 30.3 Å². The molecule has 0 aliphatic rings. The van der Waals surface area contributed by atoms with Gasteiger partial charge >= 0.3 is 0 Å². The van der Waals surface area contributed by atoms with Gasteiger partial charge in [0.05, 0.1) is 0 Å². The Morgan fingerprint density at radius 2 is 1.57 bits per heavy atom. The second kappa shape index (κ2) is 7.81. The van der Waals surface area contributed by atoms with Crippen LogP contribution < -0.4 is 5.32 Å². The first-order chi connectivity index (χ1) is 9.93. The first-order valence-electron chi connectivity index (χ1n) is 7.59. The summed E-state index contributed by atoms with van der Waals surface area (Å²) < 4.78 is 0. The molecular weight excluding hydrogens is 264 g/mol. The number of hydrogen-bond acceptors (Lipinski definition) is 2. The lowest BCUT2D eigenvalue weighted by Crippen LogP contribution is -2.47. The van der Waals surface area contributed by atoms with Crippen molar-refractivity contribution in [3.63, 3.8) is 0 Å². The minimum Gasteiger partial charge on any atom is -0.342 e. The molecule has 0 saturated carbocycles. The number of anilines is 1. The lowest BCUT2D eigenvalue weighted by molar-refractivity contribution is -0.146. The summed E-state index contributed by atoms with van der Waals surface area (Å²) in [6.07, 6.45) is 1.78. The van der Waals surface area contributed by atoms with Gasteiger partial charge in [-0.2, -0.15) is 0 Å². The SMILES string of the molecule is CCCN(CCC)C(=O)C(C)(C)C(=O)Nc1ccccc1. The van der Waals surface area contributed by atoms with Crippen LogP contribution in [0.5, 0.6) is 0 Å². The Kier molecular flexibility index (Phi) is 6.40. The predicted molar refractivity (Wildman–Crippen MR) is 86.0 cm³/mol. The van der Waals surface area contributed by atoms with E-state index in [0.29, 0.717) is 18.8 Å². The molecule has 0 unspecified atom stereocenters. The molecule has 4 nitrogen and oxygen atoms in total. The number of hydrogen-bond donors (Lipinski definition) is 1. The number of amides is 2. The fourth-order valence-corrected chi connectivity index (χ4v) is 2.16. The number of carbonyl (C=O) groups is 2. The van der Waals surface area contributed by atoms with Gasteiger partial charge in [0.2, 0.25) is 11.8 Å². The average molecular weight is 290 g/mol. The fourth-order valence-electron chi connectivity index (χ4n) is 2.16. The number of nitrogens with zero attached hydrogens (tertiary/aromatic N) is 1. The van der Waals surface area contributed by atoms with E-state index in [9.17, 15) is 9.59 Å². The molecule has 1 aromatic rings. The molecule has 1 N–H and O–H groups in total. The molecular formula is C17H26N2O2. The van der Waals surface area contributed by atoms with E-state index in [1.165, 1.54) is 0 Å². The van der Waals surface area contributed by atoms with Crippen LogP contribution in [-0.4, -0.2) is 29.8 Å². The summed E-state index contributed by atoms with van der Waals surface area (Å²) in [7, 11) is 0. The first-order valence-corrected chi connectivity index (χ1v) is 7.59. The van der Waals surface area contributed by atoms with Crippen LogP contribution in [-0.2, 0) is 9.59 Å². The third-order valence-corrected chi connectivity index (χ3v) is 3.41. The summed E-state index contributed by atoms with van der Waals surface area (Å²) in [5, 5.41) is 2.82. The summed E-state index contributed by atoms with van der Waals surface area (Å²) in [6, 6.07) is 9.22. The Balaban J connectivity index is 2.81. The van der Waals surface area contributed by atoms with Crippen molar-refractivity contribution in [3.05, 3.63) is 30.3 Å². The summed E-state index contributed by atoms with van der Waals surface area (Å²) in [5.74, 6) is -0.379. The number of para-hydroxylation sites is 1. The van der Waals surface area contributed by atoms with Gasteiger partial charge < -0.3 is 10.2 Å². The summed E-state index contributed by atoms with van der Waals surface area (Å²) in [4.78, 5) is 26.9. The molecule has 0 aromatic heterocycles. The fraction of sp³-hybridized carbons (Fsp3) is 0.529.